The number of aliphatic hydroxyl groups excluding tert-OH is 1. The molecule has 0 spiro atoms. The van der Waals surface area contributed by atoms with E-state index < -0.39 is 20.0 Å². The van der Waals surface area contributed by atoms with Crippen LogP contribution in [-0.4, -0.2) is 73.4 Å². The van der Waals surface area contributed by atoms with Crippen LogP contribution in [0.3, 0.4) is 0 Å². The molecule has 0 rings (SSSR count). The van der Waals surface area contributed by atoms with Gasteiger partial charge in [-0.1, -0.05) is 204 Å². The molecule has 0 aromatic rings. The summed E-state index contributed by atoms with van der Waals surface area (Å²) in [4.78, 5) is 23.2. The van der Waals surface area contributed by atoms with Crippen LogP contribution >= 0.6 is 7.82 Å². The molecule has 3 unspecified atom stereocenters. The maximum atomic E-state index is 12.9. The van der Waals surface area contributed by atoms with Crippen molar-refractivity contribution in [1.29, 1.82) is 0 Å². The Balaban J connectivity index is 4.31. The molecule has 0 aliphatic heterocycles. The Bertz CT molecular complexity index is 1150. The molecule has 0 saturated heterocycles. The number of nitrogens with one attached hydrogen (secondary N) is 1. The fourth-order valence-corrected chi connectivity index (χ4v) is 8.10. The standard InChI is InChI=1S/C53H101N2O6P/c1-6-8-10-12-14-16-18-20-22-24-25-26-27-28-29-30-31-33-35-37-39-41-43-45-47-53(57)54-51(50-61-62(58,59)60-49-48-55(3,4)5)52(56)46-44-42-40-38-36-34-32-23-21-19-17-15-13-11-9-7-2/h21,23,28-29,36,38,44,46,51-52,56H,6-20,22,24-27,30-35,37,39-43,45,47-50H2,1-5H3,(H-,54,57,58,59)/p+1/b23-21+,29-28-,38-36+,46-44+. The summed E-state index contributed by atoms with van der Waals surface area (Å²) in [5.41, 5.74) is 0. The van der Waals surface area contributed by atoms with E-state index in [1.165, 1.54) is 167 Å². The van der Waals surface area contributed by atoms with Gasteiger partial charge in [0.2, 0.25) is 5.91 Å². The van der Waals surface area contributed by atoms with Crippen LogP contribution in [-0.2, 0) is 18.4 Å². The third-order valence-electron chi connectivity index (χ3n) is 11.5. The zero-order chi connectivity index (χ0) is 45.7. The summed E-state index contributed by atoms with van der Waals surface area (Å²) in [5.74, 6) is -0.194. The molecule has 8 nitrogen and oxygen atoms in total. The van der Waals surface area contributed by atoms with Gasteiger partial charge in [-0.05, 0) is 70.6 Å². The van der Waals surface area contributed by atoms with Crippen molar-refractivity contribution in [2.24, 2.45) is 0 Å². The molecule has 0 aromatic heterocycles. The van der Waals surface area contributed by atoms with Gasteiger partial charge in [-0.3, -0.25) is 13.8 Å². The van der Waals surface area contributed by atoms with Crippen molar-refractivity contribution < 1.29 is 32.9 Å². The zero-order valence-corrected chi connectivity index (χ0v) is 42.3. The average molecular weight is 894 g/mol. The number of allylic oxidation sites excluding steroid dienone is 7. The molecular weight excluding hydrogens is 792 g/mol. The second-order valence-corrected chi connectivity index (χ2v) is 20.3. The number of likely N-dealkylation sites (N-methyl/N-ethyl adjacent to an activating group) is 1. The van der Waals surface area contributed by atoms with E-state index in [9.17, 15) is 19.4 Å². The molecule has 0 saturated carbocycles. The molecule has 0 aromatic carbocycles. The summed E-state index contributed by atoms with van der Waals surface area (Å²) in [6.07, 6.45) is 57.7. The summed E-state index contributed by atoms with van der Waals surface area (Å²) in [6.45, 7) is 4.78. The number of amides is 1. The van der Waals surface area contributed by atoms with Gasteiger partial charge in [-0.2, -0.15) is 0 Å². The van der Waals surface area contributed by atoms with Crippen LogP contribution in [0.2, 0.25) is 0 Å². The quantitative estimate of drug-likeness (QED) is 0.0243. The zero-order valence-electron chi connectivity index (χ0n) is 41.4. The van der Waals surface area contributed by atoms with Crippen LogP contribution in [0, 0.1) is 0 Å². The summed E-state index contributed by atoms with van der Waals surface area (Å²) in [7, 11) is 1.54. The number of unbranched alkanes of at least 4 members (excludes halogenated alkanes) is 28. The van der Waals surface area contributed by atoms with E-state index in [0.717, 1.165) is 44.9 Å². The van der Waals surface area contributed by atoms with Crippen LogP contribution < -0.4 is 5.32 Å². The topological polar surface area (TPSA) is 105 Å². The number of hydrogen-bond donors (Lipinski definition) is 3. The minimum absolute atomic E-state index is 0.0522. The van der Waals surface area contributed by atoms with E-state index in [0.29, 0.717) is 17.4 Å². The number of phosphoric ester groups is 1. The van der Waals surface area contributed by atoms with Gasteiger partial charge >= 0.3 is 7.82 Å². The first-order valence-corrected chi connectivity index (χ1v) is 27.5. The van der Waals surface area contributed by atoms with Gasteiger partial charge < -0.3 is 19.8 Å². The molecule has 0 radical (unpaired) electrons. The Morgan fingerprint density at radius 2 is 0.887 bits per heavy atom. The predicted molar refractivity (Wildman–Crippen MR) is 267 cm³/mol. The van der Waals surface area contributed by atoms with E-state index in [1.807, 2.05) is 27.2 Å². The van der Waals surface area contributed by atoms with Crippen molar-refractivity contribution in [2.75, 3.05) is 40.9 Å². The van der Waals surface area contributed by atoms with Crippen molar-refractivity contribution in [2.45, 2.75) is 244 Å². The Hall–Kier alpha value is -1.54. The van der Waals surface area contributed by atoms with Crippen LogP contribution in [0.15, 0.2) is 48.6 Å². The van der Waals surface area contributed by atoms with Crippen LogP contribution in [0.1, 0.15) is 232 Å². The molecule has 0 fully saturated rings. The van der Waals surface area contributed by atoms with E-state index in [1.54, 1.807) is 6.08 Å². The third kappa shape index (κ3) is 46.5. The van der Waals surface area contributed by atoms with E-state index >= 15 is 0 Å². The molecule has 364 valence electrons. The number of nitrogens with zero attached hydrogens (tertiary/aromatic N) is 1. The fraction of sp³-hybridized carbons (Fsp3) is 0.830. The van der Waals surface area contributed by atoms with Gasteiger partial charge in [0, 0.05) is 6.42 Å². The largest absolute Gasteiger partial charge is 0.472 e. The summed E-state index contributed by atoms with van der Waals surface area (Å²) in [6, 6.07) is -0.871. The predicted octanol–water partition coefficient (Wildman–Crippen LogP) is 15.2. The van der Waals surface area contributed by atoms with Gasteiger partial charge in [0.05, 0.1) is 39.9 Å². The molecule has 0 aliphatic rings. The average Bonchev–Trinajstić information content (AvgIpc) is 3.23. The molecule has 62 heavy (non-hydrogen) atoms. The summed E-state index contributed by atoms with van der Waals surface area (Å²) in [5, 5.41) is 13.8. The first kappa shape index (κ1) is 60.5. The number of rotatable bonds is 47. The Labute approximate surface area is 384 Å². The molecule has 0 bridgehead atoms. The normalized spacial score (nSPS) is 14.5. The molecule has 0 aliphatic carbocycles. The fourth-order valence-electron chi connectivity index (χ4n) is 7.36. The van der Waals surface area contributed by atoms with Gasteiger partial charge in [-0.15, -0.1) is 0 Å². The van der Waals surface area contributed by atoms with Gasteiger partial charge in [0.25, 0.3) is 0 Å². The lowest BCUT2D eigenvalue weighted by Gasteiger charge is -2.25. The maximum Gasteiger partial charge on any atom is 0.472 e. The highest BCUT2D eigenvalue weighted by Gasteiger charge is 2.27. The third-order valence-corrected chi connectivity index (χ3v) is 12.5. The molecular formula is C53H102N2O6P+. The van der Waals surface area contributed by atoms with Crippen LogP contribution in [0.25, 0.3) is 0 Å². The van der Waals surface area contributed by atoms with Crippen molar-refractivity contribution in [3.05, 3.63) is 48.6 Å². The Morgan fingerprint density at radius 3 is 1.29 bits per heavy atom. The molecule has 9 heteroatoms. The maximum absolute atomic E-state index is 12.9. The van der Waals surface area contributed by atoms with Gasteiger partial charge in [-0.25, -0.2) is 4.57 Å². The lowest BCUT2D eigenvalue weighted by Crippen LogP contribution is -2.45. The number of phosphoric acid groups is 1. The number of quaternary nitrogens is 1. The second-order valence-electron chi connectivity index (χ2n) is 18.9. The highest BCUT2D eigenvalue weighted by molar-refractivity contribution is 7.47. The second kappa shape index (κ2) is 44.7. The van der Waals surface area contributed by atoms with Gasteiger partial charge in [0.15, 0.2) is 0 Å². The van der Waals surface area contributed by atoms with Crippen LogP contribution in [0.4, 0.5) is 0 Å². The Kier molecular flexibility index (Phi) is 43.5. The van der Waals surface area contributed by atoms with Crippen molar-refractivity contribution in [3.8, 4) is 0 Å². The lowest BCUT2D eigenvalue weighted by atomic mass is 10.0. The minimum Gasteiger partial charge on any atom is -0.387 e. The lowest BCUT2D eigenvalue weighted by molar-refractivity contribution is -0.870. The number of carbonyl (C=O) groups excluding carboxylic acids is 1. The number of aliphatic hydroxyl groups is 1. The SMILES string of the molecule is CCCCCCCC/C=C/CC/C=C/CC/C=C/C(O)C(COP(=O)(O)OCC[N+](C)(C)C)NC(=O)CCCCCCCCCC/C=C\CCCCCCCCCCCCCC. The highest BCUT2D eigenvalue weighted by atomic mass is 31.2. The van der Waals surface area contributed by atoms with E-state index in [-0.39, 0.29) is 19.1 Å². The van der Waals surface area contributed by atoms with Crippen molar-refractivity contribution in [1.82, 2.24) is 5.32 Å². The van der Waals surface area contributed by atoms with E-state index in [2.05, 4.69) is 55.6 Å². The first-order valence-electron chi connectivity index (χ1n) is 26.0. The van der Waals surface area contributed by atoms with Crippen LogP contribution in [0.5, 0.6) is 0 Å². The first-order chi connectivity index (χ1) is 30.0. The molecule has 3 N–H and O–H groups in total. The summed E-state index contributed by atoms with van der Waals surface area (Å²) < 4.78 is 23.6. The molecule has 1 amide bonds. The van der Waals surface area contributed by atoms with E-state index in [4.69, 9.17) is 9.05 Å². The molecule has 3 atom stereocenters. The minimum atomic E-state index is -4.35. The number of hydrogen-bond acceptors (Lipinski definition) is 5. The Morgan fingerprint density at radius 1 is 0.532 bits per heavy atom. The van der Waals surface area contributed by atoms with Crippen molar-refractivity contribution >= 4 is 13.7 Å². The summed E-state index contributed by atoms with van der Waals surface area (Å²) >= 11 is 0. The van der Waals surface area contributed by atoms with Gasteiger partial charge in [0.1, 0.15) is 13.2 Å². The van der Waals surface area contributed by atoms with Crippen molar-refractivity contribution in [3.63, 3.8) is 0 Å². The number of carbonyl (C=O) groups is 1. The molecule has 0 heterocycles. The highest BCUT2D eigenvalue weighted by Crippen LogP contribution is 2.43. The smallest absolute Gasteiger partial charge is 0.387 e. The monoisotopic (exact) mass is 894 g/mol.